The second kappa shape index (κ2) is 10.3. The number of rotatable bonds is 10. The van der Waals surface area contributed by atoms with Gasteiger partial charge in [-0.15, -0.1) is 6.58 Å². The van der Waals surface area contributed by atoms with Crippen molar-refractivity contribution in [3.8, 4) is 0 Å². The van der Waals surface area contributed by atoms with E-state index < -0.39 is 0 Å². The van der Waals surface area contributed by atoms with Crippen molar-refractivity contribution in [2.24, 2.45) is 0 Å². The van der Waals surface area contributed by atoms with Crippen LogP contribution in [-0.2, 0) is 0 Å². The molecule has 92 valence electrons. The molecule has 0 spiro atoms. The maximum Gasteiger partial charge on any atom is 0.0807 e. The van der Waals surface area contributed by atoms with Crippen LogP contribution < -0.4 is 5.19 Å². The van der Waals surface area contributed by atoms with Crippen molar-refractivity contribution in [3.63, 3.8) is 0 Å². The van der Waals surface area contributed by atoms with Gasteiger partial charge in [0.2, 0.25) is 0 Å². The fourth-order valence-corrected chi connectivity index (χ4v) is 3.05. The summed E-state index contributed by atoms with van der Waals surface area (Å²) < 4.78 is 0. The lowest BCUT2D eigenvalue weighted by atomic mass is 10.1. The van der Waals surface area contributed by atoms with Gasteiger partial charge in [-0.2, -0.15) is 0 Å². The average molecular weight is 244 g/mol. The van der Waals surface area contributed by atoms with Crippen molar-refractivity contribution in [3.05, 3.63) is 43.0 Å². The molecule has 0 bridgehead atoms. The molecule has 0 saturated carbocycles. The van der Waals surface area contributed by atoms with E-state index in [1.54, 1.807) is 0 Å². The Labute approximate surface area is 109 Å². The van der Waals surface area contributed by atoms with Crippen molar-refractivity contribution in [1.29, 1.82) is 0 Å². The lowest BCUT2D eigenvalue weighted by Gasteiger charge is -2.01. The zero-order valence-corrected chi connectivity index (χ0v) is 11.8. The van der Waals surface area contributed by atoms with E-state index in [0.717, 1.165) is 9.52 Å². The van der Waals surface area contributed by atoms with Crippen molar-refractivity contribution in [1.82, 2.24) is 0 Å². The van der Waals surface area contributed by atoms with Crippen LogP contribution in [0.15, 0.2) is 43.0 Å². The molecule has 1 aromatic rings. The zero-order chi connectivity index (χ0) is 12.2. The summed E-state index contributed by atoms with van der Waals surface area (Å²) in [4.78, 5) is 0. The topological polar surface area (TPSA) is 0 Å². The fourth-order valence-electron chi connectivity index (χ4n) is 1.91. The summed E-state index contributed by atoms with van der Waals surface area (Å²) in [6.45, 7) is 3.75. The number of hydrogen-bond donors (Lipinski definition) is 0. The minimum absolute atomic E-state index is 1.00. The van der Waals surface area contributed by atoms with Crippen LogP contribution in [0.5, 0.6) is 0 Å². The van der Waals surface area contributed by atoms with Gasteiger partial charge in [0.05, 0.1) is 9.52 Å². The minimum atomic E-state index is 1.00. The molecule has 0 aliphatic heterocycles. The van der Waals surface area contributed by atoms with Crippen molar-refractivity contribution in [2.75, 3.05) is 0 Å². The predicted octanol–water partition coefficient (Wildman–Crippen LogP) is 4.35. The zero-order valence-electron chi connectivity index (χ0n) is 10.8. The SMILES string of the molecule is C=CCCCCCCCC[Si]c1ccccc1. The van der Waals surface area contributed by atoms with Gasteiger partial charge in [-0.05, 0) is 12.8 Å². The second-order valence-corrected chi connectivity index (χ2v) is 5.92. The Bertz CT molecular complexity index is 279. The molecule has 0 amide bonds. The monoisotopic (exact) mass is 244 g/mol. The highest BCUT2D eigenvalue weighted by molar-refractivity contribution is 6.53. The van der Waals surface area contributed by atoms with Crippen LogP contribution >= 0.6 is 0 Å². The molecule has 0 N–H and O–H groups in total. The number of allylic oxidation sites excluding steroid dienone is 1. The fraction of sp³-hybridized carbons (Fsp3) is 0.500. The third-order valence-electron chi connectivity index (χ3n) is 2.94. The summed E-state index contributed by atoms with van der Waals surface area (Å²) in [5.74, 6) is 0. The summed E-state index contributed by atoms with van der Waals surface area (Å²) >= 11 is 0. The minimum Gasteiger partial charge on any atom is -0.103 e. The maximum absolute atomic E-state index is 3.75. The Morgan fingerprint density at radius 3 is 2.24 bits per heavy atom. The summed E-state index contributed by atoms with van der Waals surface area (Å²) in [6.07, 6.45) is 11.6. The summed E-state index contributed by atoms with van der Waals surface area (Å²) in [5.41, 5.74) is 0. The summed E-state index contributed by atoms with van der Waals surface area (Å²) in [6, 6.07) is 12.2. The van der Waals surface area contributed by atoms with Gasteiger partial charge in [0, 0.05) is 0 Å². The van der Waals surface area contributed by atoms with E-state index in [9.17, 15) is 0 Å². The molecule has 0 aliphatic carbocycles. The maximum atomic E-state index is 3.75. The van der Waals surface area contributed by atoms with Crippen LogP contribution in [0, 0.1) is 0 Å². The molecule has 1 heteroatoms. The van der Waals surface area contributed by atoms with E-state index in [0.29, 0.717) is 0 Å². The molecule has 0 atom stereocenters. The van der Waals surface area contributed by atoms with Gasteiger partial charge in [0.1, 0.15) is 0 Å². The van der Waals surface area contributed by atoms with Gasteiger partial charge < -0.3 is 0 Å². The Kier molecular flexibility index (Phi) is 8.66. The number of unbranched alkanes of at least 4 members (excludes halogenated alkanes) is 6. The van der Waals surface area contributed by atoms with Crippen LogP contribution in [0.2, 0.25) is 6.04 Å². The van der Waals surface area contributed by atoms with Gasteiger partial charge in [0.25, 0.3) is 0 Å². The molecular formula is C16H24Si. The van der Waals surface area contributed by atoms with Gasteiger partial charge in [0.15, 0.2) is 0 Å². The van der Waals surface area contributed by atoms with Crippen LogP contribution in [0.25, 0.3) is 0 Å². The van der Waals surface area contributed by atoms with Crippen molar-refractivity contribution < 1.29 is 0 Å². The van der Waals surface area contributed by atoms with E-state index in [4.69, 9.17) is 0 Å². The first kappa shape index (κ1) is 14.2. The summed E-state index contributed by atoms with van der Waals surface area (Å²) in [7, 11) is 1.00. The van der Waals surface area contributed by atoms with Gasteiger partial charge >= 0.3 is 0 Å². The highest BCUT2D eigenvalue weighted by Gasteiger charge is 1.94. The highest BCUT2D eigenvalue weighted by Crippen LogP contribution is 2.08. The number of hydrogen-bond acceptors (Lipinski definition) is 0. The lowest BCUT2D eigenvalue weighted by Crippen LogP contribution is -2.12. The largest absolute Gasteiger partial charge is 0.103 e. The third-order valence-corrected chi connectivity index (χ3v) is 4.28. The molecule has 17 heavy (non-hydrogen) atoms. The Hall–Kier alpha value is -0.823. The quantitative estimate of drug-likeness (QED) is 0.326. The molecule has 0 aliphatic rings. The smallest absolute Gasteiger partial charge is 0.0807 e. The Balaban J connectivity index is 1.86. The average Bonchev–Trinajstić information content (AvgIpc) is 2.38. The molecular weight excluding hydrogens is 220 g/mol. The first-order chi connectivity index (χ1) is 8.43. The van der Waals surface area contributed by atoms with Crippen LogP contribution in [0.1, 0.15) is 44.9 Å². The molecule has 0 heterocycles. The van der Waals surface area contributed by atoms with Crippen molar-refractivity contribution >= 4 is 14.7 Å². The Morgan fingerprint density at radius 2 is 1.53 bits per heavy atom. The molecule has 1 rings (SSSR count). The Morgan fingerprint density at radius 1 is 0.882 bits per heavy atom. The van der Waals surface area contributed by atoms with Crippen LogP contribution in [0.3, 0.4) is 0 Å². The van der Waals surface area contributed by atoms with Crippen molar-refractivity contribution in [2.45, 2.75) is 51.0 Å². The standard InChI is InChI=1S/C16H24Si/c1-2-3-4-5-6-7-8-12-15-17-16-13-10-9-11-14-16/h2,9-11,13-14H,1,3-8,12,15H2. The molecule has 0 aromatic heterocycles. The van der Waals surface area contributed by atoms with Gasteiger partial charge in [-0.3, -0.25) is 0 Å². The lowest BCUT2D eigenvalue weighted by molar-refractivity contribution is 0.611. The first-order valence-corrected chi connectivity index (χ1v) is 8.04. The van der Waals surface area contributed by atoms with Gasteiger partial charge in [-0.1, -0.05) is 79.7 Å². The van der Waals surface area contributed by atoms with Crippen LogP contribution in [-0.4, -0.2) is 9.52 Å². The first-order valence-electron chi connectivity index (χ1n) is 6.83. The van der Waals surface area contributed by atoms with E-state index >= 15 is 0 Å². The van der Waals surface area contributed by atoms with E-state index in [2.05, 4.69) is 36.9 Å². The molecule has 0 nitrogen and oxygen atoms in total. The number of benzene rings is 1. The molecule has 0 saturated heterocycles. The molecule has 2 radical (unpaired) electrons. The van der Waals surface area contributed by atoms with E-state index in [1.165, 1.54) is 56.2 Å². The predicted molar refractivity (Wildman–Crippen MR) is 79.2 cm³/mol. The molecule has 0 fully saturated rings. The van der Waals surface area contributed by atoms with E-state index in [1.807, 2.05) is 6.08 Å². The van der Waals surface area contributed by atoms with E-state index in [-0.39, 0.29) is 0 Å². The van der Waals surface area contributed by atoms with Gasteiger partial charge in [-0.25, -0.2) is 0 Å². The van der Waals surface area contributed by atoms with Crippen LogP contribution in [0.4, 0.5) is 0 Å². The normalized spacial score (nSPS) is 10.4. The summed E-state index contributed by atoms with van der Waals surface area (Å²) in [5, 5.41) is 1.51. The molecule has 1 aromatic carbocycles. The highest BCUT2D eigenvalue weighted by atomic mass is 28.2. The molecule has 0 unspecified atom stereocenters. The second-order valence-electron chi connectivity index (χ2n) is 4.49. The third kappa shape index (κ3) is 7.98.